The standard InChI is InChI=1S/C9H18NO5P/c1-3-7(2)15-9(11)8(10)5-4-6-16(12,13)14/h4-5,7-8H,3,6,10H2,1-2H3,(H2,12,13,14). The van der Waals surface area contributed by atoms with Crippen LogP contribution in [0, 0.1) is 0 Å². The summed E-state index contributed by atoms with van der Waals surface area (Å²) in [6.07, 6.45) is 2.45. The third-order valence-corrected chi connectivity index (χ3v) is 2.54. The Bertz CT molecular complexity index is 298. The first kappa shape index (κ1) is 15.3. The van der Waals surface area contributed by atoms with E-state index in [1.54, 1.807) is 6.92 Å². The lowest BCUT2D eigenvalue weighted by Crippen LogP contribution is -2.32. The van der Waals surface area contributed by atoms with Crippen LogP contribution in [-0.2, 0) is 14.1 Å². The number of ether oxygens (including phenoxy) is 1. The van der Waals surface area contributed by atoms with Crippen LogP contribution in [-0.4, -0.2) is 34.1 Å². The quantitative estimate of drug-likeness (QED) is 0.358. The fourth-order valence-electron chi connectivity index (χ4n) is 0.784. The van der Waals surface area contributed by atoms with Gasteiger partial charge in [-0.15, -0.1) is 0 Å². The van der Waals surface area contributed by atoms with Crippen LogP contribution in [0.4, 0.5) is 0 Å². The highest BCUT2D eigenvalue weighted by atomic mass is 31.2. The largest absolute Gasteiger partial charge is 0.461 e. The molecule has 0 aromatic rings. The van der Waals surface area contributed by atoms with Gasteiger partial charge in [0.05, 0.1) is 12.3 Å². The molecule has 0 fully saturated rings. The first-order valence-electron chi connectivity index (χ1n) is 4.93. The van der Waals surface area contributed by atoms with Gasteiger partial charge in [-0.05, 0) is 13.3 Å². The number of rotatable bonds is 6. The second-order valence-electron chi connectivity index (χ2n) is 3.46. The van der Waals surface area contributed by atoms with Crippen molar-refractivity contribution in [3.63, 3.8) is 0 Å². The van der Waals surface area contributed by atoms with E-state index in [1.165, 1.54) is 12.2 Å². The van der Waals surface area contributed by atoms with E-state index in [-0.39, 0.29) is 6.10 Å². The maximum absolute atomic E-state index is 11.3. The van der Waals surface area contributed by atoms with Crippen LogP contribution in [0.1, 0.15) is 20.3 Å². The zero-order valence-electron chi connectivity index (χ0n) is 9.37. The van der Waals surface area contributed by atoms with Gasteiger partial charge in [-0.2, -0.15) is 0 Å². The van der Waals surface area contributed by atoms with Crippen LogP contribution in [0.25, 0.3) is 0 Å². The first-order valence-corrected chi connectivity index (χ1v) is 6.73. The molecule has 7 heteroatoms. The maximum Gasteiger partial charge on any atom is 0.329 e. The summed E-state index contributed by atoms with van der Waals surface area (Å²) in [4.78, 5) is 28.4. The van der Waals surface area contributed by atoms with E-state index in [0.717, 1.165) is 0 Å². The molecular weight excluding hydrogens is 233 g/mol. The summed E-state index contributed by atoms with van der Waals surface area (Å²) in [6, 6.07) is -0.986. The predicted octanol–water partition coefficient (Wildman–Crippen LogP) is 0.389. The Balaban J connectivity index is 4.10. The highest BCUT2D eigenvalue weighted by molar-refractivity contribution is 7.51. The van der Waals surface area contributed by atoms with Gasteiger partial charge in [0.2, 0.25) is 0 Å². The predicted molar refractivity (Wildman–Crippen MR) is 59.9 cm³/mol. The van der Waals surface area contributed by atoms with Gasteiger partial charge in [-0.25, -0.2) is 0 Å². The topological polar surface area (TPSA) is 110 Å². The lowest BCUT2D eigenvalue weighted by Gasteiger charge is -2.13. The Morgan fingerprint density at radius 3 is 2.56 bits per heavy atom. The minimum absolute atomic E-state index is 0.214. The molecule has 16 heavy (non-hydrogen) atoms. The van der Waals surface area contributed by atoms with Crippen LogP contribution in [0.5, 0.6) is 0 Å². The van der Waals surface area contributed by atoms with Crippen molar-refractivity contribution in [3.05, 3.63) is 12.2 Å². The molecule has 94 valence electrons. The Kier molecular flexibility index (Phi) is 6.52. The molecular formula is C9H18NO5P. The molecule has 4 N–H and O–H groups in total. The van der Waals surface area contributed by atoms with Crippen molar-refractivity contribution in [2.75, 3.05) is 6.16 Å². The summed E-state index contributed by atoms with van der Waals surface area (Å²) in [7, 11) is -4.08. The van der Waals surface area contributed by atoms with Crippen LogP contribution in [0.2, 0.25) is 0 Å². The molecule has 2 unspecified atom stereocenters. The molecule has 0 radical (unpaired) electrons. The zero-order valence-corrected chi connectivity index (χ0v) is 10.3. The van der Waals surface area contributed by atoms with Gasteiger partial charge < -0.3 is 20.3 Å². The molecule has 0 aliphatic rings. The molecule has 6 nitrogen and oxygen atoms in total. The van der Waals surface area contributed by atoms with Crippen molar-refractivity contribution in [3.8, 4) is 0 Å². The van der Waals surface area contributed by atoms with Gasteiger partial charge in [0.15, 0.2) is 0 Å². The number of hydrogen-bond acceptors (Lipinski definition) is 4. The van der Waals surface area contributed by atoms with E-state index >= 15 is 0 Å². The fraction of sp³-hybridized carbons (Fsp3) is 0.667. The zero-order chi connectivity index (χ0) is 12.8. The Labute approximate surface area is 94.6 Å². The van der Waals surface area contributed by atoms with Gasteiger partial charge in [0.1, 0.15) is 6.04 Å². The van der Waals surface area contributed by atoms with Gasteiger partial charge >= 0.3 is 13.6 Å². The summed E-state index contributed by atoms with van der Waals surface area (Å²) >= 11 is 0. The van der Waals surface area contributed by atoms with Crippen molar-refractivity contribution in [1.82, 2.24) is 0 Å². The fourth-order valence-corrected chi connectivity index (χ4v) is 1.18. The van der Waals surface area contributed by atoms with Crippen molar-refractivity contribution in [1.29, 1.82) is 0 Å². The average molecular weight is 251 g/mol. The molecule has 0 aliphatic carbocycles. The molecule has 0 amide bonds. The molecule has 0 saturated carbocycles. The van der Waals surface area contributed by atoms with Crippen LogP contribution < -0.4 is 5.73 Å². The Morgan fingerprint density at radius 1 is 1.56 bits per heavy atom. The number of nitrogens with two attached hydrogens (primary N) is 1. The van der Waals surface area contributed by atoms with Crippen molar-refractivity contribution in [2.24, 2.45) is 5.73 Å². The number of carbonyl (C=O) groups is 1. The molecule has 0 aromatic carbocycles. The Morgan fingerprint density at radius 2 is 2.12 bits per heavy atom. The van der Waals surface area contributed by atoms with E-state index < -0.39 is 25.8 Å². The summed E-state index contributed by atoms with van der Waals surface area (Å²) in [5, 5.41) is 0. The molecule has 0 aliphatic heterocycles. The van der Waals surface area contributed by atoms with E-state index in [4.69, 9.17) is 20.3 Å². The van der Waals surface area contributed by atoms with Crippen LogP contribution in [0.15, 0.2) is 12.2 Å². The average Bonchev–Trinajstić information content (AvgIpc) is 2.15. The third-order valence-electron chi connectivity index (χ3n) is 1.85. The van der Waals surface area contributed by atoms with Crippen LogP contribution in [0.3, 0.4) is 0 Å². The van der Waals surface area contributed by atoms with Crippen molar-refractivity contribution in [2.45, 2.75) is 32.4 Å². The Hall–Kier alpha value is -0.680. The molecule has 0 heterocycles. The van der Waals surface area contributed by atoms with Crippen LogP contribution >= 0.6 is 7.60 Å². The van der Waals surface area contributed by atoms with Gasteiger partial charge in [-0.1, -0.05) is 19.1 Å². The number of carbonyl (C=O) groups excluding carboxylic acids is 1. The van der Waals surface area contributed by atoms with Crippen molar-refractivity contribution < 1.29 is 23.9 Å². The normalized spacial score (nSPS) is 16.1. The summed E-state index contributed by atoms with van der Waals surface area (Å²) in [5.41, 5.74) is 5.44. The summed E-state index contributed by atoms with van der Waals surface area (Å²) in [5.74, 6) is -0.601. The van der Waals surface area contributed by atoms with Gasteiger partial charge in [0, 0.05) is 0 Å². The molecule has 0 aromatic heterocycles. The third kappa shape index (κ3) is 7.59. The number of allylic oxidation sites excluding steroid dienone is 1. The van der Waals surface area contributed by atoms with Gasteiger partial charge in [0.25, 0.3) is 0 Å². The highest BCUT2D eigenvalue weighted by Crippen LogP contribution is 2.33. The summed E-state index contributed by atoms with van der Waals surface area (Å²) in [6.45, 7) is 3.61. The van der Waals surface area contributed by atoms with Gasteiger partial charge in [-0.3, -0.25) is 9.36 Å². The minimum atomic E-state index is -4.08. The molecule has 2 atom stereocenters. The number of hydrogen-bond donors (Lipinski definition) is 3. The monoisotopic (exact) mass is 251 g/mol. The SMILES string of the molecule is CCC(C)OC(=O)C(N)C=CCP(=O)(O)O. The number of esters is 1. The van der Waals surface area contributed by atoms with E-state index in [1.807, 2.05) is 6.92 Å². The lowest BCUT2D eigenvalue weighted by atomic mass is 10.2. The lowest BCUT2D eigenvalue weighted by molar-refractivity contribution is -0.148. The second-order valence-corrected chi connectivity index (χ2v) is 5.15. The molecule has 0 rings (SSSR count). The van der Waals surface area contributed by atoms with Crippen molar-refractivity contribution >= 4 is 13.6 Å². The highest BCUT2D eigenvalue weighted by Gasteiger charge is 2.15. The minimum Gasteiger partial charge on any atom is -0.461 e. The second kappa shape index (κ2) is 6.81. The first-order chi connectivity index (χ1) is 7.26. The summed E-state index contributed by atoms with van der Waals surface area (Å²) < 4.78 is 15.4. The molecule has 0 spiro atoms. The molecule has 0 saturated heterocycles. The smallest absolute Gasteiger partial charge is 0.329 e. The molecule has 0 bridgehead atoms. The van der Waals surface area contributed by atoms with E-state index in [2.05, 4.69) is 0 Å². The van der Waals surface area contributed by atoms with E-state index in [9.17, 15) is 9.36 Å². The van der Waals surface area contributed by atoms with E-state index in [0.29, 0.717) is 6.42 Å². The maximum atomic E-state index is 11.3.